The second-order valence-electron chi connectivity index (χ2n) is 4.79. The molecule has 0 fully saturated rings. The molecule has 0 saturated carbocycles. The molecule has 0 spiro atoms. The summed E-state index contributed by atoms with van der Waals surface area (Å²) >= 11 is 0. The lowest BCUT2D eigenvalue weighted by Gasteiger charge is -2.11. The Morgan fingerprint density at radius 2 is 2.06 bits per heavy atom. The number of carbonyl (C=O) groups excluding carboxylic acids is 1. The van der Waals surface area contributed by atoms with Crippen molar-refractivity contribution < 1.29 is 9.53 Å². The van der Waals surface area contributed by atoms with E-state index in [-0.39, 0.29) is 11.9 Å². The summed E-state index contributed by atoms with van der Waals surface area (Å²) in [5.74, 6) is 0.413. The van der Waals surface area contributed by atoms with Crippen molar-refractivity contribution in [1.82, 2.24) is 0 Å². The first-order valence-corrected chi connectivity index (χ1v) is 5.81. The topological polar surface area (TPSA) is 26.3 Å². The zero-order valence-corrected chi connectivity index (χ0v) is 10.1. The summed E-state index contributed by atoms with van der Waals surface area (Å²) in [5.41, 5.74) is 3.91. The Labute approximate surface area is 96.6 Å². The number of hydrogen-bond acceptors (Lipinski definition) is 2. The molecule has 0 N–H and O–H groups in total. The number of hydrogen-bond donors (Lipinski definition) is 0. The van der Waals surface area contributed by atoms with Crippen molar-refractivity contribution in [3.05, 3.63) is 34.9 Å². The van der Waals surface area contributed by atoms with Crippen molar-refractivity contribution in [3.63, 3.8) is 0 Å². The van der Waals surface area contributed by atoms with Crippen LogP contribution in [-0.4, -0.2) is 13.1 Å². The Morgan fingerprint density at radius 1 is 1.38 bits per heavy atom. The first kappa shape index (κ1) is 11.2. The van der Waals surface area contributed by atoms with Crippen LogP contribution in [0.4, 0.5) is 0 Å². The standard InChI is InChI=1S/C14H18O2/c1-9-6-12-5-4-11(8-13(12)7-9)10(2)14(15)16-3/h4-5,8-10H,6-7H2,1-3H3/t9-,10-/m0/s1. The molecule has 2 nitrogen and oxygen atoms in total. The monoisotopic (exact) mass is 218 g/mol. The molecule has 2 atom stereocenters. The van der Waals surface area contributed by atoms with E-state index in [0.29, 0.717) is 0 Å². The zero-order valence-electron chi connectivity index (χ0n) is 10.1. The Morgan fingerprint density at radius 3 is 2.75 bits per heavy atom. The van der Waals surface area contributed by atoms with Gasteiger partial charge in [0, 0.05) is 0 Å². The number of methoxy groups -OCH3 is 1. The van der Waals surface area contributed by atoms with E-state index in [1.807, 2.05) is 6.92 Å². The molecule has 0 aromatic heterocycles. The van der Waals surface area contributed by atoms with Crippen LogP contribution in [0, 0.1) is 5.92 Å². The maximum absolute atomic E-state index is 11.5. The van der Waals surface area contributed by atoms with Gasteiger partial charge in [-0.3, -0.25) is 4.79 Å². The fourth-order valence-corrected chi connectivity index (χ4v) is 2.44. The molecule has 0 radical (unpaired) electrons. The predicted molar refractivity (Wildman–Crippen MR) is 63.4 cm³/mol. The van der Waals surface area contributed by atoms with Gasteiger partial charge in [-0.1, -0.05) is 25.1 Å². The van der Waals surface area contributed by atoms with Crippen molar-refractivity contribution in [2.45, 2.75) is 32.6 Å². The minimum atomic E-state index is -0.161. The van der Waals surface area contributed by atoms with E-state index >= 15 is 0 Å². The van der Waals surface area contributed by atoms with Gasteiger partial charge in [-0.25, -0.2) is 0 Å². The van der Waals surface area contributed by atoms with Crippen LogP contribution in [0.1, 0.15) is 36.5 Å². The quantitative estimate of drug-likeness (QED) is 0.713. The van der Waals surface area contributed by atoms with Gasteiger partial charge in [-0.15, -0.1) is 0 Å². The molecule has 86 valence electrons. The first-order chi connectivity index (χ1) is 7.61. The lowest BCUT2D eigenvalue weighted by molar-refractivity contribution is -0.141. The van der Waals surface area contributed by atoms with Gasteiger partial charge < -0.3 is 4.74 Å². The Balaban J connectivity index is 2.25. The molecule has 1 aromatic carbocycles. The minimum absolute atomic E-state index is 0.161. The van der Waals surface area contributed by atoms with E-state index in [1.54, 1.807) is 0 Å². The molecule has 16 heavy (non-hydrogen) atoms. The van der Waals surface area contributed by atoms with E-state index in [0.717, 1.165) is 17.9 Å². The average Bonchev–Trinajstić information content (AvgIpc) is 2.65. The van der Waals surface area contributed by atoms with Crippen molar-refractivity contribution in [2.75, 3.05) is 7.11 Å². The van der Waals surface area contributed by atoms with Gasteiger partial charge in [-0.05, 0) is 42.4 Å². The highest BCUT2D eigenvalue weighted by atomic mass is 16.5. The van der Waals surface area contributed by atoms with Gasteiger partial charge in [-0.2, -0.15) is 0 Å². The van der Waals surface area contributed by atoms with Crippen molar-refractivity contribution in [2.24, 2.45) is 5.92 Å². The molecule has 1 aliphatic carbocycles. The number of benzene rings is 1. The maximum Gasteiger partial charge on any atom is 0.312 e. The molecule has 1 aromatic rings. The predicted octanol–water partition coefficient (Wildman–Crippen LogP) is 2.70. The Hall–Kier alpha value is -1.31. The van der Waals surface area contributed by atoms with Crippen LogP contribution in [-0.2, 0) is 22.4 Å². The summed E-state index contributed by atoms with van der Waals surface area (Å²) in [4.78, 5) is 11.5. The van der Waals surface area contributed by atoms with Gasteiger partial charge >= 0.3 is 5.97 Å². The van der Waals surface area contributed by atoms with Gasteiger partial charge in [0.2, 0.25) is 0 Å². The van der Waals surface area contributed by atoms with Gasteiger partial charge in [0.1, 0.15) is 0 Å². The molecular weight excluding hydrogens is 200 g/mol. The third kappa shape index (κ3) is 1.97. The number of rotatable bonds is 2. The molecule has 0 saturated heterocycles. The molecule has 0 aliphatic heterocycles. The van der Waals surface area contributed by atoms with E-state index in [1.165, 1.54) is 24.7 Å². The molecule has 2 heteroatoms. The molecule has 0 bridgehead atoms. The molecule has 2 rings (SSSR count). The largest absolute Gasteiger partial charge is 0.469 e. The van der Waals surface area contributed by atoms with Crippen molar-refractivity contribution >= 4 is 5.97 Å². The highest BCUT2D eigenvalue weighted by Crippen LogP contribution is 2.29. The number of esters is 1. The normalized spacial score (nSPS) is 20.3. The second-order valence-corrected chi connectivity index (χ2v) is 4.79. The van der Waals surface area contributed by atoms with Gasteiger partial charge in [0.25, 0.3) is 0 Å². The van der Waals surface area contributed by atoms with E-state index in [9.17, 15) is 4.79 Å². The summed E-state index contributed by atoms with van der Waals surface area (Å²) in [6.45, 7) is 4.16. The van der Waals surface area contributed by atoms with Crippen LogP contribution in [0.5, 0.6) is 0 Å². The molecule has 1 aliphatic rings. The zero-order chi connectivity index (χ0) is 11.7. The van der Waals surface area contributed by atoms with Crippen LogP contribution in [0.15, 0.2) is 18.2 Å². The fourth-order valence-electron chi connectivity index (χ4n) is 2.44. The molecule has 0 heterocycles. The first-order valence-electron chi connectivity index (χ1n) is 5.81. The van der Waals surface area contributed by atoms with Crippen LogP contribution in [0.25, 0.3) is 0 Å². The summed E-state index contributed by atoms with van der Waals surface area (Å²) in [6, 6.07) is 6.38. The molecule has 0 amide bonds. The van der Waals surface area contributed by atoms with E-state index in [2.05, 4.69) is 25.1 Å². The van der Waals surface area contributed by atoms with Crippen LogP contribution < -0.4 is 0 Å². The van der Waals surface area contributed by atoms with Crippen molar-refractivity contribution in [1.29, 1.82) is 0 Å². The smallest absolute Gasteiger partial charge is 0.312 e. The van der Waals surface area contributed by atoms with Crippen LogP contribution in [0.2, 0.25) is 0 Å². The van der Waals surface area contributed by atoms with Gasteiger partial charge in [0.05, 0.1) is 13.0 Å². The van der Waals surface area contributed by atoms with E-state index in [4.69, 9.17) is 4.74 Å². The minimum Gasteiger partial charge on any atom is -0.469 e. The fraction of sp³-hybridized carbons (Fsp3) is 0.500. The van der Waals surface area contributed by atoms with Crippen LogP contribution in [0.3, 0.4) is 0 Å². The average molecular weight is 218 g/mol. The SMILES string of the molecule is COC(=O)[C@@H](C)c1ccc2c(c1)C[C@@H](C)C2. The Bertz CT molecular complexity index is 409. The summed E-state index contributed by atoms with van der Waals surface area (Å²) in [5, 5.41) is 0. The number of ether oxygens (including phenoxy) is 1. The third-order valence-electron chi connectivity index (χ3n) is 3.42. The van der Waals surface area contributed by atoms with E-state index < -0.39 is 0 Å². The summed E-state index contributed by atoms with van der Waals surface area (Å²) in [6.07, 6.45) is 2.30. The maximum atomic E-state index is 11.5. The highest BCUT2D eigenvalue weighted by Gasteiger charge is 2.21. The number of fused-ring (bicyclic) bond motifs is 1. The highest BCUT2D eigenvalue weighted by molar-refractivity contribution is 5.77. The van der Waals surface area contributed by atoms with Gasteiger partial charge in [0.15, 0.2) is 0 Å². The van der Waals surface area contributed by atoms with Crippen LogP contribution >= 0.6 is 0 Å². The Kier molecular flexibility index (Phi) is 2.99. The summed E-state index contributed by atoms with van der Waals surface area (Å²) < 4.78 is 4.77. The summed E-state index contributed by atoms with van der Waals surface area (Å²) in [7, 11) is 1.44. The molecule has 0 unspecified atom stereocenters. The second kappa shape index (κ2) is 4.28. The molecular formula is C14H18O2. The third-order valence-corrected chi connectivity index (χ3v) is 3.42. The van der Waals surface area contributed by atoms with Crippen molar-refractivity contribution in [3.8, 4) is 0 Å². The lowest BCUT2D eigenvalue weighted by atomic mass is 9.97. The number of carbonyl (C=O) groups is 1. The lowest BCUT2D eigenvalue weighted by Crippen LogP contribution is -2.11.